The quantitative estimate of drug-likeness (QED) is 0.742. The van der Waals surface area contributed by atoms with Gasteiger partial charge >= 0.3 is 6.03 Å². The molecule has 2 N–H and O–H groups in total. The van der Waals surface area contributed by atoms with Gasteiger partial charge < -0.3 is 15.2 Å². The molecule has 0 aliphatic rings. The zero-order valence-electron chi connectivity index (χ0n) is 14.9. The van der Waals surface area contributed by atoms with E-state index in [2.05, 4.69) is 40.1 Å². The lowest BCUT2D eigenvalue weighted by molar-refractivity contribution is 0.240. The van der Waals surface area contributed by atoms with Gasteiger partial charge in [-0.05, 0) is 44.0 Å². The Labute approximate surface area is 148 Å². The number of rotatable bonds is 5. The second-order valence-electron chi connectivity index (χ2n) is 6.47. The highest BCUT2D eigenvalue weighted by Gasteiger charge is 2.10. The molecule has 0 atom stereocenters. The van der Waals surface area contributed by atoms with Crippen molar-refractivity contribution in [1.82, 2.24) is 20.2 Å². The zero-order valence-corrected chi connectivity index (χ0v) is 14.9. The molecule has 5 nitrogen and oxygen atoms in total. The average molecular weight is 336 g/mol. The summed E-state index contributed by atoms with van der Waals surface area (Å²) in [6, 6.07) is 16.2. The number of nitrogens with zero attached hydrogens (tertiary/aromatic N) is 2. The molecule has 130 valence electrons. The van der Waals surface area contributed by atoms with E-state index in [0.29, 0.717) is 19.1 Å². The summed E-state index contributed by atoms with van der Waals surface area (Å²) in [5, 5.41) is 5.76. The van der Waals surface area contributed by atoms with Gasteiger partial charge in [-0.2, -0.15) is 0 Å². The number of carbonyl (C=O) groups excluding carboxylic acids is 1. The molecule has 0 saturated carbocycles. The van der Waals surface area contributed by atoms with Crippen molar-refractivity contribution in [1.29, 1.82) is 0 Å². The van der Waals surface area contributed by atoms with Gasteiger partial charge in [0.15, 0.2) is 0 Å². The molecule has 0 aliphatic heterocycles. The van der Waals surface area contributed by atoms with Crippen molar-refractivity contribution < 1.29 is 4.79 Å². The van der Waals surface area contributed by atoms with Crippen molar-refractivity contribution in [3.63, 3.8) is 0 Å². The molecule has 3 rings (SSSR count). The molecule has 2 aromatic carbocycles. The van der Waals surface area contributed by atoms with Crippen molar-refractivity contribution in [3.8, 4) is 0 Å². The van der Waals surface area contributed by atoms with Gasteiger partial charge in [0.1, 0.15) is 5.82 Å². The third kappa shape index (κ3) is 3.99. The van der Waals surface area contributed by atoms with Crippen LogP contribution < -0.4 is 10.6 Å². The van der Waals surface area contributed by atoms with Crippen LogP contribution >= 0.6 is 0 Å². The molecule has 0 saturated heterocycles. The number of benzene rings is 2. The topological polar surface area (TPSA) is 59.0 Å². The van der Waals surface area contributed by atoms with E-state index in [9.17, 15) is 4.79 Å². The van der Waals surface area contributed by atoms with Gasteiger partial charge in [0.2, 0.25) is 0 Å². The van der Waals surface area contributed by atoms with Crippen molar-refractivity contribution in [2.24, 2.45) is 0 Å². The summed E-state index contributed by atoms with van der Waals surface area (Å²) >= 11 is 0. The molecule has 25 heavy (non-hydrogen) atoms. The van der Waals surface area contributed by atoms with Gasteiger partial charge in [-0.3, -0.25) is 0 Å². The average Bonchev–Trinajstić information content (AvgIpc) is 2.94. The predicted molar refractivity (Wildman–Crippen MR) is 100 cm³/mol. The lowest BCUT2D eigenvalue weighted by Gasteiger charge is -2.11. The number of fused-ring (bicyclic) bond motifs is 1. The highest BCUT2D eigenvalue weighted by Crippen LogP contribution is 2.21. The fourth-order valence-electron chi connectivity index (χ4n) is 3.05. The molecule has 3 aromatic rings. The number of carbonyl (C=O) groups is 1. The fraction of sp³-hybridized carbons (Fsp3) is 0.300. The maximum Gasteiger partial charge on any atom is 0.315 e. The number of aryl methyl sites for hydroxylation is 1. The van der Waals surface area contributed by atoms with Crippen molar-refractivity contribution in [2.45, 2.75) is 39.9 Å². The van der Waals surface area contributed by atoms with Crippen LogP contribution in [0.2, 0.25) is 0 Å². The molecule has 0 radical (unpaired) electrons. The SMILES string of the molecule is Cc1nc2cc(CNC(=O)NCc3ccccc3)ccc2n1C(C)C. The lowest BCUT2D eigenvalue weighted by Crippen LogP contribution is -2.34. The Morgan fingerprint density at radius 1 is 1.04 bits per heavy atom. The first-order chi connectivity index (χ1) is 12.0. The minimum atomic E-state index is -0.173. The highest BCUT2D eigenvalue weighted by atomic mass is 16.2. The second-order valence-corrected chi connectivity index (χ2v) is 6.47. The fourth-order valence-corrected chi connectivity index (χ4v) is 3.05. The first-order valence-corrected chi connectivity index (χ1v) is 8.57. The number of aromatic nitrogens is 2. The van der Waals surface area contributed by atoms with Crippen LogP contribution in [-0.2, 0) is 13.1 Å². The minimum Gasteiger partial charge on any atom is -0.334 e. The van der Waals surface area contributed by atoms with Crippen molar-refractivity contribution >= 4 is 17.1 Å². The van der Waals surface area contributed by atoms with Crippen LogP contribution in [0.15, 0.2) is 48.5 Å². The van der Waals surface area contributed by atoms with Gasteiger partial charge in [0, 0.05) is 19.1 Å². The van der Waals surface area contributed by atoms with Crippen molar-refractivity contribution in [3.05, 3.63) is 65.5 Å². The molecule has 0 spiro atoms. The first kappa shape index (κ1) is 17.0. The van der Waals surface area contributed by atoms with E-state index in [1.807, 2.05) is 49.4 Å². The van der Waals surface area contributed by atoms with Crippen LogP contribution in [0.1, 0.15) is 36.8 Å². The number of nitrogens with one attached hydrogen (secondary N) is 2. The Balaban J connectivity index is 1.60. The summed E-state index contributed by atoms with van der Waals surface area (Å²) < 4.78 is 2.22. The first-order valence-electron chi connectivity index (χ1n) is 8.57. The number of hydrogen-bond donors (Lipinski definition) is 2. The van der Waals surface area contributed by atoms with Gasteiger partial charge in [0.25, 0.3) is 0 Å². The molecule has 2 amide bonds. The minimum absolute atomic E-state index is 0.173. The second kappa shape index (κ2) is 7.38. The van der Waals surface area contributed by atoms with Crippen LogP contribution in [-0.4, -0.2) is 15.6 Å². The summed E-state index contributed by atoms with van der Waals surface area (Å²) in [5.41, 5.74) is 4.21. The van der Waals surface area contributed by atoms with Crippen LogP contribution in [0.4, 0.5) is 4.79 Å². The van der Waals surface area contributed by atoms with Crippen LogP contribution in [0, 0.1) is 6.92 Å². The van der Waals surface area contributed by atoms with E-state index >= 15 is 0 Å². The maximum atomic E-state index is 12.0. The molecular weight excluding hydrogens is 312 g/mol. The van der Waals surface area contributed by atoms with Gasteiger partial charge in [-0.25, -0.2) is 9.78 Å². The number of amides is 2. The summed E-state index contributed by atoms with van der Waals surface area (Å²) in [7, 11) is 0. The van der Waals surface area contributed by atoms with Gasteiger partial charge in [0.05, 0.1) is 11.0 Å². The van der Waals surface area contributed by atoms with Crippen LogP contribution in [0.25, 0.3) is 11.0 Å². The highest BCUT2D eigenvalue weighted by molar-refractivity contribution is 5.78. The van der Waals surface area contributed by atoms with E-state index in [1.54, 1.807) is 0 Å². The standard InChI is InChI=1S/C20H24N4O/c1-14(2)24-15(3)23-18-11-17(9-10-19(18)24)13-22-20(25)21-12-16-7-5-4-6-8-16/h4-11,14H,12-13H2,1-3H3,(H2,21,22,25). The third-order valence-electron chi connectivity index (χ3n) is 4.20. The number of urea groups is 1. The van der Waals surface area contributed by atoms with E-state index in [1.165, 1.54) is 0 Å². The van der Waals surface area contributed by atoms with E-state index < -0.39 is 0 Å². The molecule has 0 aliphatic carbocycles. The normalized spacial score (nSPS) is 11.0. The largest absolute Gasteiger partial charge is 0.334 e. The molecule has 1 heterocycles. The Hall–Kier alpha value is -2.82. The molecule has 0 unspecified atom stereocenters. The molecular formula is C20H24N4O. The Kier molecular flexibility index (Phi) is 5.03. The molecule has 0 bridgehead atoms. The lowest BCUT2D eigenvalue weighted by atomic mass is 10.2. The van der Waals surface area contributed by atoms with E-state index in [-0.39, 0.29) is 6.03 Å². The van der Waals surface area contributed by atoms with Crippen LogP contribution in [0.3, 0.4) is 0 Å². The Morgan fingerprint density at radius 2 is 1.72 bits per heavy atom. The third-order valence-corrected chi connectivity index (χ3v) is 4.20. The zero-order chi connectivity index (χ0) is 17.8. The summed E-state index contributed by atoms with van der Waals surface area (Å²) in [6.45, 7) is 7.32. The summed E-state index contributed by atoms with van der Waals surface area (Å²) in [5.74, 6) is 1.01. The predicted octanol–water partition coefficient (Wildman–Crippen LogP) is 3.93. The Morgan fingerprint density at radius 3 is 2.40 bits per heavy atom. The van der Waals surface area contributed by atoms with Gasteiger partial charge in [-0.15, -0.1) is 0 Å². The number of hydrogen-bond acceptors (Lipinski definition) is 2. The van der Waals surface area contributed by atoms with Crippen molar-refractivity contribution in [2.75, 3.05) is 0 Å². The molecule has 1 aromatic heterocycles. The summed E-state index contributed by atoms with van der Waals surface area (Å²) in [6.07, 6.45) is 0. The number of imidazole rings is 1. The van der Waals surface area contributed by atoms with E-state index in [0.717, 1.165) is 28.0 Å². The molecule has 0 fully saturated rings. The van der Waals surface area contributed by atoms with Crippen LogP contribution in [0.5, 0.6) is 0 Å². The maximum absolute atomic E-state index is 12.0. The molecule has 5 heteroatoms. The monoisotopic (exact) mass is 336 g/mol. The smallest absolute Gasteiger partial charge is 0.315 e. The summed E-state index contributed by atoms with van der Waals surface area (Å²) in [4.78, 5) is 16.6. The van der Waals surface area contributed by atoms with E-state index in [4.69, 9.17) is 0 Å². The Bertz CT molecular complexity index is 868. The van der Waals surface area contributed by atoms with Gasteiger partial charge in [-0.1, -0.05) is 36.4 Å².